The predicted molar refractivity (Wildman–Crippen MR) is 41.5 cm³/mol. The van der Waals surface area contributed by atoms with Crippen LogP contribution >= 0.6 is 0 Å². The van der Waals surface area contributed by atoms with Gasteiger partial charge in [-0.25, -0.2) is 0 Å². The normalized spacial score (nSPS) is 12.0. The number of rotatable bonds is 3. The number of nitrogens with zero attached hydrogens (tertiary/aromatic N) is 1. The summed E-state index contributed by atoms with van der Waals surface area (Å²) in [5.41, 5.74) is 1.08. The van der Waals surface area contributed by atoms with Gasteiger partial charge in [0, 0.05) is 25.2 Å². The molecule has 50 valence electrons. The smallest absolute Gasteiger partial charge is 0.0284 e. The van der Waals surface area contributed by atoms with E-state index in [-0.39, 0.29) is 0 Å². The van der Waals surface area contributed by atoms with Gasteiger partial charge >= 0.3 is 0 Å². The van der Waals surface area contributed by atoms with Crippen molar-refractivity contribution in [3.63, 3.8) is 0 Å². The van der Waals surface area contributed by atoms with Crippen LogP contribution < -0.4 is 5.32 Å². The second kappa shape index (κ2) is 5.09. The molecule has 0 aliphatic rings. The first-order valence-corrected chi connectivity index (χ1v) is 2.80. The summed E-state index contributed by atoms with van der Waals surface area (Å²) < 4.78 is 0. The maximum atomic E-state index is 3.78. The molecule has 0 bridgehead atoms. The average molecular weight is 124 g/mol. The molecule has 0 rings (SSSR count). The van der Waals surface area contributed by atoms with E-state index in [0.717, 1.165) is 5.70 Å². The van der Waals surface area contributed by atoms with Gasteiger partial charge < -0.3 is 5.32 Å². The highest BCUT2D eigenvalue weighted by Crippen LogP contribution is 1.79. The molecular formula is C7H12N2. The van der Waals surface area contributed by atoms with Gasteiger partial charge in [0.2, 0.25) is 0 Å². The molecule has 0 atom stereocenters. The second-order valence-corrected chi connectivity index (χ2v) is 1.58. The van der Waals surface area contributed by atoms with Crippen molar-refractivity contribution in [1.29, 1.82) is 0 Å². The molecule has 1 N–H and O–H groups in total. The van der Waals surface area contributed by atoms with Gasteiger partial charge in [0.15, 0.2) is 0 Å². The van der Waals surface area contributed by atoms with E-state index in [4.69, 9.17) is 0 Å². The van der Waals surface area contributed by atoms with Crippen molar-refractivity contribution in [3.8, 4) is 0 Å². The van der Waals surface area contributed by atoms with Gasteiger partial charge in [-0.05, 0) is 13.0 Å². The zero-order chi connectivity index (χ0) is 7.11. The minimum Gasteiger partial charge on any atom is -0.392 e. The molecule has 0 saturated carbocycles. The first-order valence-electron chi connectivity index (χ1n) is 2.80. The third-order valence-electron chi connectivity index (χ3n) is 0.910. The standard InChI is InChI=1S/C7H12N2/c1-4-9-6-5-7(2)8-3/h4-6,8H,1H2,2-3H3/b7-5-,9-6-. The molecule has 0 fully saturated rings. The van der Waals surface area contributed by atoms with Crippen LogP contribution in [0.2, 0.25) is 0 Å². The summed E-state index contributed by atoms with van der Waals surface area (Å²) in [6, 6.07) is 0. The number of hydrogen-bond donors (Lipinski definition) is 1. The van der Waals surface area contributed by atoms with E-state index in [2.05, 4.69) is 16.9 Å². The van der Waals surface area contributed by atoms with Gasteiger partial charge in [-0.2, -0.15) is 0 Å². The van der Waals surface area contributed by atoms with E-state index in [1.54, 1.807) is 6.21 Å². The number of nitrogens with one attached hydrogen (secondary N) is 1. The fourth-order valence-electron chi connectivity index (χ4n) is 0.299. The molecule has 0 unspecified atom stereocenters. The molecule has 0 saturated heterocycles. The molecule has 2 nitrogen and oxygen atoms in total. The minimum atomic E-state index is 1.08. The van der Waals surface area contributed by atoms with Crippen LogP contribution in [0.4, 0.5) is 0 Å². The van der Waals surface area contributed by atoms with Crippen molar-refractivity contribution in [2.75, 3.05) is 7.05 Å². The van der Waals surface area contributed by atoms with Gasteiger partial charge in [0.25, 0.3) is 0 Å². The van der Waals surface area contributed by atoms with Crippen LogP contribution in [-0.4, -0.2) is 13.3 Å². The van der Waals surface area contributed by atoms with Gasteiger partial charge in [0.1, 0.15) is 0 Å². The summed E-state index contributed by atoms with van der Waals surface area (Å²) in [5, 5.41) is 2.96. The van der Waals surface area contributed by atoms with Crippen molar-refractivity contribution < 1.29 is 0 Å². The highest BCUT2D eigenvalue weighted by Gasteiger charge is 1.73. The van der Waals surface area contributed by atoms with Gasteiger partial charge in [-0.1, -0.05) is 6.58 Å². The minimum absolute atomic E-state index is 1.08. The lowest BCUT2D eigenvalue weighted by atomic mass is 10.4. The zero-order valence-electron chi connectivity index (χ0n) is 5.89. The van der Waals surface area contributed by atoms with Crippen LogP contribution in [0.25, 0.3) is 0 Å². The first-order chi connectivity index (χ1) is 4.31. The summed E-state index contributed by atoms with van der Waals surface area (Å²) >= 11 is 0. The second-order valence-electron chi connectivity index (χ2n) is 1.58. The lowest BCUT2D eigenvalue weighted by Crippen LogP contribution is -2.00. The van der Waals surface area contributed by atoms with Gasteiger partial charge in [-0.3, -0.25) is 4.99 Å². The average Bonchev–Trinajstić information content (AvgIpc) is 1.89. The molecule has 0 heterocycles. The molecule has 0 amide bonds. The molecule has 0 aliphatic heterocycles. The van der Waals surface area contributed by atoms with Gasteiger partial charge in [0.05, 0.1) is 0 Å². The Morgan fingerprint density at radius 2 is 2.33 bits per heavy atom. The molecule has 2 heteroatoms. The van der Waals surface area contributed by atoms with Crippen LogP contribution in [0.5, 0.6) is 0 Å². The fraction of sp³-hybridized carbons (Fsp3) is 0.286. The van der Waals surface area contributed by atoms with Crippen LogP contribution in [-0.2, 0) is 0 Å². The van der Waals surface area contributed by atoms with Gasteiger partial charge in [-0.15, -0.1) is 0 Å². The summed E-state index contributed by atoms with van der Waals surface area (Å²) in [4.78, 5) is 3.78. The van der Waals surface area contributed by atoms with E-state index in [1.807, 2.05) is 20.0 Å². The van der Waals surface area contributed by atoms with Crippen molar-refractivity contribution in [2.45, 2.75) is 6.92 Å². The van der Waals surface area contributed by atoms with E-state index in [9.17, 15) is 0 Å². The van der Waals surface area contributed by atoms with E-state index in [1.165, 1.54) is 6.20 Å². The monoisotopic (exact) mass is 124 g/mol. The van der Waals surface area contributed by atoms with E-state index >= 15 is 0 Å². The molecule has 0 aromatic carbocycles. The Hall–Kier alpha value is -1.05. The maximum absolute atomic E-state index is 3.78. The Kier molecular flexibility index (Phi) is 4.50. The molecule has 0 aromatic rings. The SMILES string of the molecule is C=C/N=C\C=C(\C)NC. The van der Waals surface area contributed by atoms with Crippen molar-refractivity contribution in [3.05, 3.63) is 24.6 Å². The topological polar surface area (TPSA) is 24.4 Å². The van der Waals surface area contributed by atoms with E-state index < -0.39 is 0 Å². The summed E-state index contributed by atoms with van der Waals surface area (Å²) in [6.45, 7) is 5.40. The Bertz CT molecular complexity index is 134. The van der Waals surface area contributed by atoms with Crippen LogP contribution in [0.15, 0.2) is 29.5 Å². The summed E-state index contributed by atoms with van der Waals surface area (Å²) in [7, 11) is 1.87. The van der Waals surface area contributed by atoms with Crippen LogP contribution in [0.1, 0.15) is 6.92 Å². The first kappa shape index (κ1) is 7.95. The summed E-state index contributed by atoms with van der Waals surface area (Å²) in [6.07, 6.45) is 5.07. The van der Waals surface area contributed by atoms with Crippen LogP contribution in [0, 0.1) is 0 Å². The Morgan fingerprint density at radius 1 is 1.67 bits per heavy atom. The lowest BCUT2D eigenvalue weighted by molar-refractivity contribution is 0.994. The lowest BCUT2D eigenvalue weighted by Gasteiger charge is -1.92. The van der Waals surface area contributed by atoms with Crippen molar-refractivity contribution >= 4 is 6.21 Å². The van der Waals surface area contributed by atoms with Crippen LogP contribution in [0.3, 0.4) is 0 Å². The Labute approximate surface area is 56.0 Å². The quantitative estimate of drug-likeness (QED) is 0.564. The molecule has 9 heavy (non-hydrogen) atoms. The largest absolute Gasteiger partial charge is 0.392 e. The third-order valence-corrected chi connectivity index (χ3v) is 0.910. The number of aliphatic imine (C=N–C) groups is 1. The van der Waals surface area contributed by atoms with Crippen molar-refractivity contribution in [2.24, 2.45) is 4.99 Å². The highest BCUT2D eigenvalue weighted by molar-refractivity contribution is 5.72. The number of allylic oxidation sites excluding steroid dienone is 2. The third kappa shape index (κ3) is 4.81. The fourth-order valence-corrected chi connectivity index (χ4v) is 0.299. The Morgan fingerprint density at radius 3 is 2.78 bits per heavy atom. The molecule has 0 aliphatic carbocycles. The predicted octanol–water partition coefficient (Wildman–Crippen LogP) is 1.32. The molecular weight excluding hydrogens is 112 g/mol. The number of hydrogen-bond acceptors (Lipinski definition) is 2. The molecule has 0 aromatic heterocycles. The van der Waals surface area contributed by atoms with E-state index in [0.29, 0.717) is 0 Å². The molecule has 0 spiro atoms. The van der Waals surface area contributed by atoms with Crippen molar-refractivity contribution in [1.82, 2.24) is 5.32 Å². The molecule has 0 radical (unpaired) electrons. The Balaban J connectivity index is 3.67. The zero-order valence-corrected chi connectivity index (χ0v) is 5.89. The highest BCUT2D eigenvalue weighted by atomic mass is 14.8. The maximum Gasteiger partial charge on any atom is 0.0284 e. The summed E-state index contributed by atoms with van der Waals surface area (Å²) in [5.74, 6) is 0.